The van der Waals surface area contributed by atoms with Crippen molar-refractivity contribution in [2.75, 3.05) is 6.54 Å². The van der Waals surface area contributed by atoms with Crippen LogP contribution in [-0.4, -0.2) is 31.5 Å². The molecule has 1 aliphatic rings. The number of amides is 1. The van der Waals surface area contributed by atoms with Crippen molar-refractivity contribution in [1.82, 2.24) is 4.90 Å². The van der Waals surface area contributed by atoms with Gasteiger partial charge in [0, 0.05) is 12.1 Å². The average Bonchev–Trinajstić information content (AvgIpc) is 3.22. The zero-order valence-electron chi connectivity index (χ0n) is 15.5. The highest BCUT2D eigenvalue weighted by atomic mass is 32.2. The number of fused-ring (bicyclic) bond motifs is 1. The molecular formula is C22H19F2NO3S. The summed E-state index contributed by atoms with van der Waals surface area (Å²) in [6, 6.07) is 18.7. The number of benzene rings is 3. The molecule has 29 heavy (non-hydrogen) atoms. The maximum atomic E-state index is 13.1. The van der Waals surface area contributed by atoms with Gasteiger partial charge < -0.3 is 4.90 Å². The lowest BCUT2D eigenvalue weighted by Gasteiger charge is -2.26. The molecule has 1 amide bonds. The zero-order valence-corrected chi connectivity index (χ0v) is 16.3. The van der Waals surface area contributed by atoms with Crippen molar-refractivity contribution in [2.24, 2.45) is 0 Å². The summed E-state index contributed by atoms with van der Waals surface area (Å²) in [6.45, 7) is 0.587. The first kappa shape index (κ1) is 19.5. The third-order valence-electron chi connectivity index (χ3n) is 5.36. The fraction of sp³-hybridized carbons (Fsp3) is 0.227. The summed E-state index contributed by atoms with van der Waals surface area (Å²) >= 11 is 0. The molecule has 4 nitrogen and oxygen atoms in total. The monoisotopic (exact) mass is 415 g/mol. The second kappa shape index (κ2) is 7.55. The molecule has 0 aliphatic carbocycles. The molecule has 1 heterocycles. The van der Waals surface area contributed by atoms with Gasteiger partial charge in [0.15, 0.2) is 0 Å². The Bertz CT molecular complexity index is 1150. The second-order valence-electron chi connectivity index (χ2n) is 7.05. The number of sulfone groups is 1. The van der Waals surface area contributed by atoms with Crippen molar-refractivity contribution in [1.29, 1.82) is 0 Å². The van der Waals surface area contributed by atoms with Gasteiger partial charge in [0.2, 0.25) is 9.84 Å². The Morgan fingerprint density at radius 1 is 0.966 bits per heavy atom. The van der Waals surface area contributed by atoms with Crippen molar-refractivity contribution in [3.8, 4) is 0 Å². The van der Waals surface area contributed by atoms with E-state index in [9.17, 15) is 22.0 Å². The van der Waals surface area contributed by atoms with Crippen LogP contribution in [0.15, 0.2) is 71.6 Å². The first-order chi connectivity index (χ1) is 13.9. The van der Waals surface area contributed by atoms with Gasteiger partial charge in [-0.2, -0.15) is 8.78 Å². The molecule has 0 radical (unpaired) electrons. The van der Waals surface area contributed by atoms with E-state index < -0.39 is 20.5 Å². The molecule has 0 saturated carbocycles. The summed E-state index contributed by atoms with van der Waals surface area (Å²) in [6.07, 6.45) is 1.69. The molecule has 3 aromatic rings. The Balaban J connectivity index is 1.65. The van der Waals surface area contributed by atoms with Crippen LogP contribution in [0.25, 0.3) is 10.8 Å². The maximum absolute atomic E-state index is 13.1. The first-order valence-corrected chi connectivity index (χ1v) is 10.8. The van der Waals surface area contributed by atoms with Crippen LogP contribution in [0.1, 0.15) is 34.8 Å². The Kier molecular flexibility index (Phi) is 5.08. The number of hydrogen-bond acceptors (Lipinski definition) is 3. The van der Waals surface area contributed by atoms with Crippen molar-refractivity contribution in [3.05, 3.63) is 77.9 Å². The minimum atomic E-state index is -4.67. The zero-order chi connectivity index (χ0) is 20.6. The molecule has 1 atom stereocenters. The van der Waals surface area contributed by atoms with E-state index in [0.717, 1.165) is 41.3 Å². The molecule has 0 spiro atoms. The molecule has 7 heteroatoms. The van der Waals surface area contributed by atoms with E-state index >= 15 is 0 Å². The molecule has 1 unspecified atom stereocenters. The molecule has 1 fully saturated rings. The summed E-state index contributed by atoms with van der Waals surface area (Å²) in [4.78, 5) is 14.4. The normalized spacial score (nSPS) is 17.2. The highest BCUT2D eigenvalue weighted by Gasteiger charge is 2.32. The van der Waals surface area contributed by atoms with E-state index in [2.05, 4.69) is 0 Å². The van der Waals surface area contributed by atoms with Crippen LogP contribution in [0, 0.1) is 0 Å². The standard InChI is InChI=1S/C22H19F2NO3S/c23-22(24)29(27,28)17-12-10-16(11-13-17)21(26)25-14-4-9-20(25)19-8-3-6-15-5-1-2-7-18(15)19/h1-3,5-8,10-13,20,22H,4,9,14H2. The SMILES string of the molecule is O=C(c1ccc(S(=O)(=O)C(F)F)cc1)N1CCCC1c1cccc2ccccc12. The van der Waals surface area contributed by atoms with E-state index in [1.54, 1.807) is 4.90 Å². The van der Waals surface area contributed by atoms with E-state index in [4.69, 9.17) is 0 Å². The van der Waals surface area contributed by atoms with Gasteiger partial charge in [-0.3, -0.25) is 4.79 Å². The van der Waals surface area contributed by atoms with Crippen LogP contribution in [0.4, 0.5) is 8.78 Å². The topological polar surface area (TPSA) is 54.5 Å². The van der Waals surface area contributed by atoms with Crippen molar-refractivity contribution >= 4 is 26.5 Å². The number of rotatable bonds is 4. The lowest BCUT2D eigenvalue weighted by Crippen LogP contribution is -2.30. The average molecular weight is 415 g/mol. The minimum absolute atomic E-state index is 0.0851. The predicted octanol–water partition coefficient (Wildman–Crippen LogP) is 4.81. The second-order valence-corrected chi connectivity index (χ2v) is 8.97. The molecule has 3 aromatic carbocycles. The van der Waals surface area contributed by atoms with E-state index in [0.29, 0.717) is 6.54 Å². The Labute approximate surface area is 167 Å². The van der Waals surface area contributed by atoms with Crippen molar-refractivity contribution in [2.45, 2.75) is 29.5 Å². The number of carbonyl (C=O) groups excluding carboxylic acids is 1. The molecule has 1 saturated heterocycles. The highest BCUT2D eigenvalue weighted by Crippen LogP contribution is 2.36. The number of halogens is 2. The fourth-order valence-corrected chi connectivity index (χ4v) is 4.65. The molecule has 0 N–H and O–H groups in total. The van der Waals surface area contributed by atoms with E-state index in [-0.39, 0.29) is 17.5 Å². The third kappa shape index (κ3) is 3.51. The van der Waals surface area contributed by atoms with Gasteiger partial charge in [-0.05, 0) is 53.4 Å². The summed E-state index contributed by atoms with van der Waals surface area (Å²) in [5.41, 5.74) is 1.36. The number of hydrogen-bond donors (Lipinski definition) is 0. The number of carbonyl (C=O) groups is 1. The van der Waals surface area contributed by atoms with Gasteiger partial charge in [-0.25, -0.2) is 8.42 Å². The first-order valence-electron chi connectivity index (χ1n) is 9.30. The van der Waals surface area contributed by atoms with Crippen molar-refractivity contribution < 1.29 is 22.0 Å². The lowest BCUT2D eigenvalue weighted by molar-refractivity contribution is 0.0736. The fourth-order valence-electron chi connectivity index (χ4n) is 3.93. The lowest BCUT2D eigenvalue weighted by atomic mass is 9.97. The Morgan fingerprint density at radius 2 is 1.66 bits per heavy atom. The molecule has 1 aliphatic heterocycles. The Hall–Kier alpha value is -2.80. The number of nitrogens with zero attached hydrogens (tertiary/aromatic N) is 1. The van der Waals surface area contributed by atoms with E-state index in [1.165, 1.54) is 12.1 Å². The Morgan fingerprint density at radius 3 is 2.38 bits per heavy atom. The van der Waals surface area contributed by atoms with E-state index in [1.807, 2.05) is 42.5 Å². The van der Waals surface area contributed by atoms with Crippen LogP contribution in [0.3, 0.4) is 0 Å². The smallest absolute Gasteiger partial charge is 0.332 e. The van der Waals surface area contributed by atoms with Gasteiger partial charge in [0.1, 0.15) is 0 Å². The quantitative estimate of drug-likeness (QED) is 0.614. The largest absolute Gasteiger partial charge is 0.341 e. The number of alkyl halides is 2. The van der Waals surface area contributed by atoms with Crippen LogP contribution in [-0.2, 0) is 9.84 Å². The summed E-state index contributed by atoms with van der Waals surface area (Å²) in [5.74, 6) is -3.72. The molecule has 4 rings (SSSR count). The number of likely N-dealkylation sites (tertiary alicyclic amines) is 1. The van der Waals surface area contributed by atoms with Crippen LogP contribution in [0.5, 0.6) is 0 Å². The van der Waals surface area contributed by atoms with Gasteiger partial charge in [-0.15, -0.1) is 0 Å². The van der Waals surface area contributed by atoms with Gasteiger partial charge in [0.05, 0.1) is 10.9 Å². The molecular weight excluding hydrogens is 396 g/mol. The van der Waals surface area contributed by atoms with Gasteiger partial charge in [0.25, 0.3) is 5.91 Å². The van der Waals surface area contributed by atoms with Crippen LogP contribution < -0.4 is 0 Å². The molecule has 0 bridgehead atoms. The summed E-state index contributed by atoms with van der Waals surface area (Å²) < 4.78 is 48.6. The van der Waals surface area contributed by atoms with Crippen LogP contribution >= 0.6 is 0 Å². The third-order valence-corrected chi connectivity index (χ3v) is 6.76. The minimum Gasteiger partial charge on any atom is -0.332 e. The summed E-state index contributed by atoms with van der Waals surface area (Å²) in [5, 5.41) is 2.20. The maximum Gasteiger partial charge on any atom is 0.341 e. The molecule has 0 aromatic heterocycles. The highest BCUT2D eigenvalue weighted by molar-refractivity contribution is 7.91. The predicted molar refractivity (Wildman–Crippen MR) is 107 cm³/mol. The van der Waals surface area contributed by atoms with Gasteiger partial charge >= 0.3 is 5.76 Å². The molecule has 150 valence electrons. The van der Waals surface area contributed by atoms with Gasteiger partial charge in [-0.1, -0.05) is 42.5 Å². The summed E-state index contributed by atoms with van der Waals surface area (Å²) in [7, 11) is -4.67. The van der Waals surface area contributed by atoms with Crippen molar-refractivity contribution in [3.63, 3.8) is 0 Å². The van der Waals surface area contributed by atoms with Crippen LogP contribution in [0.2, 0.25) is 0 Å².